The van der Waals surface area contributed by atoms with Crippen molar-refractivity contribution in [2.24, 2.45) is 5.10 Å². The molecule has 1 heterocycles. The summed E-state index contributed by atoms with van der Waals surface area (Å²) in [5.74, 6) is 0.173. The van der Waals surface area contributed by atoms with Crippen LogP contribution in [-0.2, 0) is 14.3 Å². The van der Waals surface area contributed by atoms with Crippen LogP contribution in [0, 0.1) is 0 Å². The predicted octanol–water partition coefficient (Wildman–Crippen LogP) is 4.88. The van der Waals surface area contributed by atoms with Crippen LogP contribution in [0.5, 0.6) is 11.5 Å². The lowest BCUT2D eigenvalue weighted by Crippen LogP contribution is -2.45. The average Bonchev–Trinajstić information content (AvgIpc) is 2.84. The van der Waals surface area contributed by atoms with E-state index in [2.05, 4.69) is 53.0 Å². The molecule has 3 rings (SSSR count). The lowest BCUT2D eigenvalue weighted by atomic mass is 9.95. The van der Waals surface area contributed by atoms with Gasteiger partial charge in [-0.1, -0.05) is 18.2 Å². The molecule has 0 unspecified atom stereocenters. The monoisotopic (exact) mass is 666 g/mol. The molecule has 2 aromatic rings. The maximum atomic E-state index is 12.7. The Kier molecular flexibility index (Phi) is 10.7. The van der Waals surface area contributed by atoms with Gasteiger partial charge in [0.2, 0.25) is 0 Å². The van der Waals surface area contributed by atoms with Crippen LogP contribution in [0.4, 0.5) is 0 Å². The van der Waals surface area contributed by atoms with E-state index in [-0.39, 0.29) is 19.3 Å². The van der Waals surface area contributed by atoms with Gasteiger partial charge in [0.25, 0.3) is 5.91 Å². The minimum absolute atomic E-state index is 0.0190. The van der Waals surface area contributed by atoms with Crippen LogP contribution < -0.4 is 25.5 Å². The molecule has 0 bridgehead atoms. The van der Waals surface area contributed by atoms with Crippen molar-refractivity contribution in [3.8, 4) is 11.5 Å². The van der Waals surface area contributed by atoms with Crippen molar-refractivity contribution in [1.29, 1.82) is 0 Å². The third-order valence-electron chi connectivity index (χ3n) is 5.13. The molecule has 12 heteroatoms. The molecule has 0 saturated heterocycles. The fraction of sp³-hybridized carbons (Fsp3) is 0.308. The molecule has 9 nitrogen and oxygen atoms in total. The summed E-state index contributed by atoms with van der Waals surface area (Å²) in [6.45, 7) is 7.32. The number of para-hydroxylation sites is 1. The van der Waals surface area contributed by atoms with E-state index in [1.54, 1.807) is 32.0 Å². The normalized spacial score (nSPS) is 15.2. The van der Waals surface area contributed by atoms with E-state index in [1.165, 1.54) is 6.21 Å². The lowest BCUT2D eigenvalue weighted by molar-refractivity contribution is -0.139. The number of halogens is 2. The van der Waals surface area contributed by atoms with Gasteiger partial charge in [-0.25, -0.2) is 10.2 Å². The molecule has 0 fully saturated rings. The van der Waals surface area contributed by atoms with Crippen LogP contribution in [0.1, 0.15) is 44.9 Å². The van der Waals surface area contributed by atoms with E-state index in [4.69, 9.17) is 26.4 Å². The number of hydrogen-bond donors (Lipinski definition) is 3. The summed E-state index contributed by atoms with van der Waals surface area (Å²) in [6, 6.07) is 10.1. The Morgan fingerprint density at radius 1 is 1.21 bits per heavy atom. The molecule has 3 N–H and O–H groups in total. The fourth-order valence-corrected chi connectivity index (χ4v) is 5.29. The van der Waals surface area contributed by atoms with Crippen molar-refractivity contribution < 1.29 is 23.8 Å². The van der Waals surface area contributed by atoms with Crippen LogP contribution >= 0.6 is 44.1 Å². The number of esters is 1. The fourth-order valence-electron chi connectivity index (χ4n) is 3.61. The number of rotatable bonds is 10. The number of amides is 1. The number of hydrogen-bond acceptors (Lipinski definition) is 7. The summed E-state index contributed by atoms with van der Waals surface area (Å²) in [4.78, 5) is 25.1. The largest absolute Gasteiger partial charge is 0.489 e. The van der Waals surface area contributed by atoms with Gasteiger partial charge < -0.3 is 24.8 Å². The van der Waals surface area contributed by atoms with Gasteiger partial charge in [-0.3, -0.25) is 4.79 Å². The van der Waals surface area contributed by atoms with E-state index in [9.17, 15) is 9.59 Å². The number of nitrogens with zero attached hydrogens (tertiary/aromatic N) is 1. The first-order chi connectivity index (χ1) is 18.1. The van der Waals surface area contributed by atoms with Crippen LogP contribution in [0.15, 0.2) is 61.7 Å². The maximum absolute atomic E-state index is 12.7. The SMILES string of the molecule is CCOC(=O)C1=C(C)NC(=S)N[C@@H]1c1ccccc1OCC(=O)NN=Cc1cc(Br)c(OC(C)C)c(Br)c1. The van der Waals surface area contributed by atoms with Gasteiger partial charge >= 0.3 is 5.97 Å². The Morgan fingerprint density at radius 3 is 2.55 bits per heavy atom. The highest BCUT2D eigenvalue weighted by Gasteiger charge is 2.32. The van der Waals surface area contributed by atoms with Gasteiger partial charge in [-0.15, -0.1) is 0 Å². The van der Waals surface area contributed by atoms with E-state index in [0.29, 0.717) is 33.4 Å². The molecular formula is C26H28Br2N4O5S. The number of thiocarbonyl (C=S) groups is 1. The summed E-state index contributed by atoms with van der Waals surface area (Å²) in [7, 11) is 0. The van der Waals surface area contributed by atoms with Crippen molar-refractivity contribution in [2.45, 2.75) is 39.8 Å². The molecule has 0 aliphatic carbocycles. The summed E-state index contributed by atoms with van der Waals surface area (Å²) in [5, 5.41) is 10.4. The third kappa shape index (κ3) is 7.78. The summed E-state index contributed by atoms with van der Waals surface area (Å²) in [5.41, 5.74) is 4.80. The van der Waals surface area contributed by atoms with E-state index < -0.39 is 17.9 Å². The summed E-state index contributed by atoms with van der Waals surface area (Å²) >= 11 is 12.3. The second-order valence-electron chi connectivity index (χ2n) is 8.39. The van der Waals surface area contributed by atoms with Gasteiger partial charge in [-0.2, -0.15) is 5.10 Å². The minimum Gasteiger partial charge on any atom is -0.489 e. The van der Waals surface area contributed by atoms with Crippen molar-refractivity contribution in [3.05, 3.63) is 67.7 Å². The smallest absolute Gasteiger partial charge is 0.338 e. The minimum atomic E-state index is -0.611. The molecule has 0 spiro atoms. The van der Waals surface area contributed by atoms with Crippen molar-refractivity contribution in [2.75, 3.05) is 13.2 Å². The quantitative estimate of drug-likeness (QED) is 0.142. The molecule has 0 radical (unpaired) electrons. The second kappa shape index (κ2) is 13.7. The predicted molar refractivity (Wildman–Crippen MR) is 156 cm³/mol. The number of carbonyl (C=O) groups is 2. The molecule has 1 amide bonds. The van der Waals surface area contributed by atoms with E-state index >= 15 is 0 Å². The first-order valence-corrected chi connectivity index (χ1v) is 13.7. The van der Waals surface area contributed by atoms with Gasteiger partial charge in [-0.05, 0) is 95.5 Å². The van der Waals surface area contributed by atoms with Crippen molar-refractivity contribution >= 4 is 67.3 Å². The highest BCUT2D eigenvalue weighted by Crippen LogP contribution is 2.35. The Morgan fingerprint density at radius 2 is 1.89 bits per heavy atom. The zero-order valence-corrected chi connectivity index (χ0v) is 25.3. The van der Waals surface area contributed by atoms with Crippen LogP contribution in [0.3, 0.4) is 0 Å². The van der Waals surface area contributed by atoms with Gasteiger partial charge in [0.15, 0.2) is 11.7 Å². The Balaban J connectivity index is 1.69. The first-order valence-electron chi connectivity index (χ1n) is 11.7. The highest BCUT2D eigenvalue weighted by molar-refractivity contribution is 9.11. The number of nitrogens with one attached hydrogen (secondary N) is 3. The van der Waals surface area contributed by atoms with Gasteiger partial charge in [0, 0.05) is 11.3 Å². The van der Waals surface area contributed by atoms with E-state index in [1.807, 2.05) is 32.0 Å². The van der Waals surface area contributed by atoms with Gasteiger partial charge in [0.05, 0.1) is 39.5 Å². The first kappa shape index (κ1) is 29.6. The molecule has 0 aromatic heterocycles. The topological polar surface area (TPSA) is 110 Å². The van der Waals surface area contributed by atoms with Crippen LogP contribution in [-0.4, -0.2) is 42.5 Å². The molecule has 38 heavy (non-hydrogen) atoms. The van der Waals surface area contributed by atoms with Crippen LogP contribution in [0.2, 0.25) is 0 Å². The molecule has 1 aliphatic heterocycles. The number of benzene rings is 2. The molecule has 0 saturated carbocycles. The molecule has 1 atom stereocenters. The van der Waals surface area contributed by atoms with E-state index in [0.717, 1.165) is 14.5 Å². The molecule has 1 aliphatic rings. The Hall–Kier alpha value is -2.96. The lowest BCUT2D eigenvalue weighted by Gasteiger charge is -2.30. The average molecular weight is 668 g/mol. The summed E-state index contributed by atoms with van der Waals surface area (Å²) in [6.07, 6.45) is 1.53. The zero-order valence-electron chi connectivity index (χ0n) is 21.3. The number of ether oxygens (including phenoxy) is 3. The number of allylic oxidation sites excluding steroid dienone is 1. The van der Waals surface area contributed by atoms with Crippen molar-refractivity contribution in [1.82, 2.24) is 16.1 Å². The maximum Gasteiger partial charge on any atom is 0.338 e. The number of carbonyl (C=O) groups excluding carboxylic acids is 2. The highest BCUT2D eigenvalue weighted by atomic mass is 79.9. The molecule has 202 valence electrons. The second-order valence-corrected chi connectivity index (χ2v) is 10.5. The van der Waals surface area contributed by atoms with Gasteiger partial charge in [0.1, 0.15) is 11.5 Å². The zero-order chi connectivity index (χ0) is 27.8. The van der Waals surface area contributed by atoms with Crippen LogP contribution in [0.25, 0.3) is 0 Å². The van der Waals surface area contributed by atoms with Crippen molar-refractivity contribution in [3.63, 3.8) is 0 Å². The standard InChI is InChI=1S/C26H28Br2N4O5S/c1-5-35-25(34)22-15(4)30-26(38)31-23(22)17-8-6-7-9-20(17)36-13-21(33)32-29-12-16-10-18(27)24(19(28)11-16)37-14(2)3/h6-12,14,23H,5,13H2,1-4H3,(H,32,33)(H2,30,31,38)/t23-/m1/s1. The summed E-state index contributed by atoms with van der Waals surface area (Å²) < 4.78 is 18.3. The number of hydrazone groups is 1. The third-order valence-corrected chi connectivity index (χ3v) is 6.53. The molecule has 2 aromatic carbocycles. The Labute approximate surface area is 243 Å². The molecular weight excluding hydrogens is 640 g/mol. The Bertz CT molecular complexity index is 1260.